The van der Waals surface area contributed by atoms with Crippen molar-refractivity contribution < 1.29 is 12.8 Å². The van der Waals surface area contributed by atoms with E-state index in [0.29, 0.717) is 5.69 Å². The van der Waals surface area contributed by atoms with Gasteiger partial charge in [-0.2, -0.15) is 12.7 Å². The molecule has 5 nitrogen and oxygen atoms in total. The summed E-state index contributed by atoms with van der Waals surface area (Å²) in [4.78, 5) is 0. The number of hydrogen-bond donors (Lipinski definition) is 2. The molecule has 0 saturated carbocycles. The van der Waals surface area contributed by atoms with Crippen molar-refractivity contribution in [2.45, 2.75) is 26.4 Å². The Kier molecular flexibility index (Phi) is 4.66. The van der Waals surface area contributed by atoms with E-state index in [4.69, 9.17) is 5.73 Å². The summed E-state index contributed by atoms with van der Waals surface area (Å²) in [6.07, 6.45) is 0. The monoisotopic (exact) mass is 275 g/mol. The lowest BCUT2D eigenvalue weighted by molar-refractivity contribution is 0.414. The van der Waals surface area contributed by atoms with E-state index in [1.54, 1.807) is 13.8 Å². The second-order valence-corrected chi connectivity index (χ2v) is 5.96. The highest BCUT2D eigenvalue weighted by Gasteiger charge is 2.20. The summed E-state index contributed by atoms with van der Waals surface area (Å²) < 4.78 is 40.6. The molecule has 102 valence electrons. The van der Waals surface area contributed by atoms with Gasteiger partial charge in [0.05, 0.1) is 5.69 Å². The smallest absolute Gasteiger partial charge is 0.301 e. The molecule has 0 saturated heterocycles. The lowest BCUT2D eigenvalue weighted by atomic mass is 10.2. The molecule has 1 rings (SSSR count). The molecular formula is C11H18FN3O2S. The lowest BCUT2D eigenvalue weighted by Crippen LogP contribution is -2.37. The zero-order valence-corrected chi connectivity index (χ0v) is 11.5. The summed E-state index contributed by atoms with van der Waals surface area (Å²) in [5.41, 5.74) is 5.93. The van der Waals surface area contributed by atoms with E-state index in [9.17, 15) is 12.8 Å². The van der Waals surface area contributed by atoms with Crippen LogP contribution in [0.15, 0.2) is 18.2 Å². The van der Waals surface area contributed by atoms with Crippen LogP contribution in [-0.2, 0) is 16.8 Å². The first-order valence-electron chi connectivity index (χ1n) is 5.52. The second kappa shape index (κ2) is 5.64. The molecule has 0 heterocycles. The van der Waals surface area contributed by atoms with Crippen LogP contribution in [0.5, 0.6) is 0 Å². The van der Waals surface area contributed by atoms with Crippen molar-refractivity contribution in [1.82, 2.24) is 4.31 Å². The minimum atomic E-state index is -3.63. The highest BCUT2D eigenvalue weighted by molar-refractivity contribution is 7.90. The fraction of sp³-hybridized carbons (Fsp3) is 0.455. The number of nitrogens with two attached hydrogens (primary N) is 1. The maximum absolute atomic E-state index is 13.2. The van der Waals surface area contributed by atoms with E-state index in [0.717, 1.165) is 0 Å². The van der Waals surface area contributed by atoms with Crippen LogP contribution in [0.25, 0.3) is 0 Å². The predicted octanol–water partition coefficient (Wildman–Crippen LogP) is 1.28. The normalized spacial score (nSPS) is 12.2. The Bertz CT molecular complexity index is 517. The van der Waals surface area contributed by atoms with Crippen LogP contribution in [0.2, 0.25) is 0 Å². The zero-order valence-electron chi connectivity index (χ0n) is 10.6. The van der Waals surface area contributed by atoms with Gasteiger partial charge in [-0.25, -0.2) is 4.39 Å². The maximum Gasteiger partial charge on any atom is 0.301 e. The molecule has 0 aliphatic carbocycles. The van der Waals surface area contributed by atoms with Crippen LogP contribution in [0.4, 0.5) is 10.1 Å². The molecule has 1 aromatic rings. The van der Waals surface area contributed by atoms with Crippen molar-refractivity contribution in [3.8, 4) is 0 Å². The highest BCUT2D eigenvalue weighted by Crippen LogP contribution is 2.17. The van der Waals surface area contributed by atoms with E-state index in [-0.39, 0.29) is 18.2 Å². The van der Waals surface area contributed by atoms with Crippen molar-refractivity contribution in [3.05, 3.63) is 29.6 Å². The van der Waals surface area contributed by atoms with Crippen molar-refractivity contribution in [2.75, 3.05) is 11.8 Å². The summed E-state index contributed by atoms with van der Waals surface area (Å²) in [6.45, 7) is 3.53. The van der Waals surface area contributed by atoms with Crippen molar-refractivity contribution in [3.63, 3.8) is 0 Å². The standard InChI is InChI=1S/C11H18FN3O2S/c1-8(2)15(3)18(16,17)14-10-4-5-11(12)9(6-10)7-13/h4-6,8,14H,7,13H2,1-3H3. The number of anilines is 1. The number of benzene rings is 1. The van der Waals surface area contributed by atoms with Gasteiger partial charge in [0.15, 0.2) is 0 Å². The minimum Gasteiger partial charge on any atom is -0.326 e. The molecule has 0 fully saturated rings. The van der Waals surface area contributed by atoms with Gasteiger partial charge >= 0.3 is 10.2 Å². The van der Waals surface area contributed by atoms with E-state index in [2.05, 4.69) is 4.72 Å². The van der Waals surface area contributed by atoms with Gasteiger partial charge in [0.2, 0.25) is 0 Å². The number of rotatable bonds is 5. The number of halogens is 1. The molecule has 0 radical (unpaired) electrons. The Morgan fingerprint density at radius 3 is 2.56 bits per heavy atom. The molecule has 3 N–H and O–H groups in total. The summed E-state index contributed by atoms with van der Waals surface area (Å²) >= 11 is 0. The fourth-order valence-electron chi connectivity index (χ4n) is 1.29. The first-order chi connectivity index (χ1) is 8.27. The van der Waals surface area contributed by atoms with Gasteiger partial charge in [0, 0.05) is 25.2 Å². The molecule has 0 atom stereocenters. The van der Waals surface area contributed by atoms with Gasteiger partial charge in [0.1, 0.15) is 5.82 Å². The van der Waals surface area contributed by atoms with Gasteiger partial charge in [-0.05, 0) is 32.0 Å². The molecule has 0 spiro atoms. The molecule has 0 aromatic heterocycles. The number of nitrogens with zero attached hydrogens (tertiary/aromatic N) is 1. The second-order valence-electron chi connectivity index (χ2n) is 4.23. The molecular weight excluding hydrogens is 257 g/mol. The quantitative estimate of drug-likeness (QED) is 0.850. The Morgan fingerprint density at radius 1 is 1.44 bits per heavy atom. The molecule has 0 aliphatic rings. The van der Waals surface area contributed by atoms with Crippen LogP contribution >= 0.6 is 0 Å². The average molecular weight is 275 g/mol. The van der Waals surface area contributed by atoms with Gasteiger partial charge in [0.25, 0.3) is 0 Å². The minimum absolute atomic E-state index is 0.0153. The first kappa shape index (κ1) is 14.9. The Morgan fingerprint density at radius 2 is 2.06 bits per heavy atom. The third kappa shape index (κ3) is 3.41. The van der Waals surface area contributed by atoms with Gasteiger partial charge < -0.3 is 5.73 Å². The van der Waals surface area contributed by atoms with Crippen molar-refractivity contribution >= 4 is 15.9 Å². The van der Waals surface area contributed by atoms with Gasteiger partial charge in [-0.15, -0.1) is 0 Å². The number of hydrogen-bond acceptors (Lipinski definition) is 3. The van der Waals surface area contributed by atoms with E-state index in [1.807, 2.05) is 0 Å². The summed E-state index contributed by atoms with van der Waals surface area (Å²) in [6, 6.07) is 3.77. The Hall–Kier alpha value is -1.18. The molecule has 0 amide bonds. The molecule has 0 aliphatic heterocycles. The Balaban J connectivity index is 2.98. The summed E-state index contributed by atoms with van der Waals surface area (Å²) in [7, 11) is -2.16. The Labute approximate surface area is 107 Å². The summed E-state index contributed by atoms with van der Waals surface area (Å²) in [5.74, 6) is -0.447. The van der Waals surface area contributed by atoms with Crippen LogP contribution in [0.1, 0.15) is 19.4 Å². The van der Waals surface area contributed by atoms with Gasteiger partial charge in [-0.1, -0.05) is 0 Å². The van der Waals surface area contributed by atoms with E-state index in [1.165, 1.54) is 29.6 Å². The van der Waals surface area contributed by atoms with Crippen LogP contribution in [-0.4, -0.2) is 25.8 Å². The van der Waals surface area contributed by atoms with Gasteiger partial charge in [-0.3, -0.25) is 4.72 Å². The van der Waals surface area contributed by atoms with Crippen LogP contribution in [0.3, 0.4) is 0 Å². The predicted molar refractivity (Wildman–Crippen MR) is 69.7 cm³/mol. The largest absolute Gasteiger partial charge is 0.326 e. The van der Waals surface area contributed by atoms with Crippen molar-refractivity contribution in [2.24, 2.45) is 5.73 Å². The highest BCUT2D eigenvalue weighted by atomic mass is 32.2. The summed E-state index contributed by atoms with van der Waals surface area (Å²) in [5, 5.41) is 0. The molecule has 0 bridgehead atoms. The maximum atomic E-state index is 13.2. The SMILES string of the molecule is CC(C)N(C)S(=O)(=O)Nc1ccc(F)c(CN)c1. The lowest BCUT2D eigenvalue weighted by Gasteiger charge is -2.21. The van der Waals surface area contributed by atoms with E-state index >= 15 is 0 Å². The topological polar surface area (TPSA) is 75.4 Å². The first-order valence-corrected chi connectivity index (χ1v) is 6.96. The third-order valence-corrected chi connectivity index (χ3v) is 4.29. The molecule has 18 heavy (non-hydrogen) atoms. The third-order valence-electron chi connectivity index (χ3n) is 2.62. The zero-order chi connectivity index (χ0) is 13.9. The molecule has 7 heteroatoms. The fourth-order valence-corrected chi connectivity index (χ4v) is 2.42. The number of nitrogens with one attached hydrogen (secondary N) is 1. The van der Waals surface area contributed by atoms with Crippen LogP contribution < -0.4 is 10.5 Å². The average Bonchev–Trinajstić information content (AvgIpc) is 2.30. The molecule has 1 aromatic carbocycles. The van der Waals surface area contributed by atoms with E-state index < -0.39 is 16.0 Å². The molecule has 0 unspecified atom stereocenters. The van der Waals surface area contributed by atoms with Crippen molar-refractivity contribution in [1.29, 1.82) is 0 Å². The van der Waals surface area contributed by atoms with Crippen LogP contribution in [0, 0.1) is 5.82 Å².